The number of halogens is 1. The summed E-state index contributed by atoms with van der Waals surface area (Å²) >= 11 is 0. The SMILES string of the molecule is C=C(C)CN(CC)C(=O)C[C@@H]1C(=O)NCCN1Cc1ccc(F)cc1. The molecular formula is C19H26FN3O2. The molecule has 1 saturated heterocycles. The van der Waals surface area contributed by atoms with Crippen LogP contribution in [0.25, 0.3) is 0 Å². The van der Waals surface area contributed by atoms with Crippen LogP contribution in [0.5, 0.6) is 0 Å². The molecule has 136 valence electrons. The number of hydrogen-bond acceptors (Lipinski definition) is 3. The van der Waals surface area contributed by atoms with E-state index in [4.69, 9.17) is 0 Å². The molecule has 1 atom stereocenters. The van der Waals surface area contributed by atoms with Crippen LogP contribution in [0, 0.1) is 5.82 Å². The van der Waals surface area contributed by atoms with Gasteiger partial charge in [-0.2, -0.15) is 0 Å². The molecule has 1 N–H and O–H groups in total. The zero-order valence-electron chi connectivity index (χ0n) is 14.9. The van der Waals surface area contributed by atoms with Gasteiger partial charge in [-0.1, -0.05) is 24.3 Å². The molecule has 0 aliphatic carbocycles. The number of benzene rings is 1. The lowest BCUT2D eigenvalue weighted by Gasteiger charge is -2.35. The smallest absolute Gasteiger partial charge is 0.237 e. The molecule has 0 unspecified atom stereocenters. The Labute approximate surface area is 148 Å². The van der Waals surface area contributed by atoms with E-state index in [0.29, 0.717) is 32.7 Å². The van der Waals surface area contributed by atoms with Crippen molar-refractivity contribution in [2.75, 3.05) is 26.2 Å². The molecule has 0 bridgehead atoms. The lowest BCUT2D eigenvalue weighted by Crippen LogP contribution is -2.56. The highest BCUT2D eigenvalue weighted by atomic mass is 19.1. The predicted molar refractivity (Wildman–Crippen MR) is 95.3 cm³/mol. The molecule has 0 saturated carbocycles. The predicted octanol–water partition coefficient (Wildman–Crippen LogP) is 1.94. The standard InChI is InChI=1S/C19H26FN3O2/c1-4-22(12-14(2)3)18(24)11-17-19(25)21-9-10-23(17)13-15-5-7-16(20)8-6-15/h5-8,17H,2,4,9-13H2,1,3H3,(H,21,25)/t17-/m1/s1. The van der Waals surface area contributed by atoms with Crippen LogP contribution >= 0.6 is 0 Å². The molecule has 25 heavy (non-hydrogen) atoms. The number of rotatable bonds is 7. The summed E-state index contributed by atoms with van der Waals surface area (Å²) in [5.41, 5.74) is 1.83. The molecule has 0 aromatic heterocycles. The highest BCUT2D eigenvalue weighted by Crippen LogP contribution is 2.16. The van der Waals surface area contributed by atoms with Crippen molar-refractivity contribution in [3.63, 3.8) is 0 Å². The van der Waals surface area contributed by atoms with Gasteiger partial charge in [0.15, 0.2) is 0 Å². The van der Waals surface area contributed by atoms with Crippen LogP contribution < -0.4 is 5.32 Å². The monoisotopic (exact) mass is 347 g/mol. The van der Waals surface area contributed by atoms with Gasteiger partial charge in [0.1, 0.15) is 5.82 Å². The van der Waals surface area contributed by atoms with Crippen molar-refractivity contribution < 1.29 is 14.0 Å². The molecule has 1 aromatic carbocycles. The summed E-state index contributed by atoms with van der Waals surface area (Å²) in [6, 6.07) is 5.72. The molecule has 0 radical (unpaired) electrons. The molecule has 1 aliphatic rings. The minimum atomic E-state index is -0.509. The summed E-state index contributed by atoms with van der Waals surface area (Å²) in [7, 11) is 0. The highest BCUT2D eigenvalue weighted by molar-refractivity contribution is 5.89. The molecule has 2 amide bonds. The van der Waals surface area contributed by atoms with Crippen molar-refractivity contribution in [3.05, 3.63) is 47.8 Å². The van der Waals surface area contributed by atoms with E-state index >= 15 is 0 Å². The first-order valence-corrected chi connectivity index (χ1v) is 8.59. The number of nitrogens with zero attached hydrogens (tertiary/aromatic N) is 2. The normalized spacial score (nSPS) is 17.9. The first-order valence-electron chi connectivity index (χ1n) is 8.59. The largest absolute Gasteiger partial charge is 0.353 e. The Morgan fingerprint density at radius 2 is 2.08 bits per heavy atom. The fraction of sp³-hybridized carbons (Fsp3) is 0.474. The maximum Gasteiger partial charge on any atom is 0.237 e. The first-order chi connectivity index (χ1) is 11.9. The Kier molecular flexibility index (Phi) is 6.70. The van der Waals surface area contributed by atoms with Gasteiger partial charge < -0.3 is 10.2 Å². The van der Waals surface area contributed by atoms with Crippen LogP contribution in [-0.2, 0) is 16.1 Å². The summed E-state index contributed by atoms with van der Waals surface area (Å²) in [5, 5.41) is 2.83. The number of carbonyl (C=O) groups excluding carboxylic acids is 2. The number of hydrogen-bond donors (Lipinski definition) is 1. The molecule has 0 spiro atoms. The maximum atomic E-state index is 13.1. The van der Waals surface area contributed by atoms with E-state index in [1.54, 1.807) is 17.0 Å². The maximum absolute atomic E-state index is 13.1. The molecule has 1 aromatic rings. The Morgan fingerprint density at radius 1 is 1.40 bits per heavy atom. The number of carbonyl (C=O) groups is 2. The second-order valence-corrected chi connectivity index (χ2v) is 6.47. The highest BCUT2D eigenvalue weighted by Gasteiger charge is 2.32. The minimum absolute atomic E-state index is 0.0587. The summed E-state index contributed by atoms with van der Waals surface area (Å²) in [4.78, 5) is 28.6. The van der Waals surface area contributed by atoms with Crippen molar-refractivity contribution in [2.24, 2.45) is 0 Å². The molecule has 1 heterocycles. The molecule has 6 heteroatoms. The third-order valence-corrected chi connectivity index (χ3v) is 4.30. The summed E-state index contributed by atoms with van der Waals surface area (Å²) in [6.07, 6.45) is 0.133. The second kappa shape index (κ2) is 8.76. The van der Waals surface area contributed by atoms with E-state index < -0.39 is 6.04 Å². The average molecular weight is 347 g/mol. The van der Waals surface area contributed by atoms with Crippen molar-refractivity contribution in [3.8, 4) is 0 Å². The van der Waals surface area contributed by atoms with Crippen molar-refractivity contribution >= 4 is 11.8 Å². The van der Waals surface area contributed by atoms with Crippen molar-refractivity contribution in [2.45, 2.75) is 32.9 Å². The molecular weight excluding hydrogens is 321 g/mol. The van der Waals surface area contributed by atoms with Gasteiger partial charge in [-0.05, 0) is 31.5 Å². The van der Waals surface area contributed by atoms with Crippen molar-refractivity contribution in [1.82, 2.24) is 15.1 Å². The topological polar surface area (TPSA) is 52.7 Å². The molecule has 1 aliphatic heterocycles. The zero-order chi connectivity index (χ0) is 18.4. The van der Waals surface area contributed by atoms with E-state index in [0.717, 1.165) is 11.1 Å². The Hall–Kier alpha value is -2.21. The van der Waals surface area contributed by atoms with Gasteiger partial charge in [-0.3, -0.25) is 14.5 Å². The van der Waals surface area contributed by atoms with E-state index in [1.807, 2.05) is 18.7 Å². The van der Waals surface area contributed by atoms with Gasteiger partial charge in [0.05, 0.1) is 12.5 Å². The van der Waals surface area contributed by atoms with Crippen LogP contribution in [0.3, 0.4) is 0 Å². The van der Waals surface area contributed by atoms with Crippen molar-refractivity contribution in [1.29, 1.82) is 0 Å². The fourth-order valence-electron chi connectivity index (χ4n) is 2.99. The molecule has 5 nitrogen and oxygen atoms in total. The van der Waals surface area contributed by atoms with Gasteiger partial charge >= 0.3 is 0 Å². The van der Waals surface area contributed by atoms with E-state index in [2.05, 4.69) is 11.9 Å². The lowest BCUT2D eigenvalue weighted by atomic mass is 10.1. The number of amides is 2. The lowest BCUT2D eigenvalue weighted by molar-refractivity contribution is -0.138. The van der Waals surface area contributed by atoms with Gasteiger partial charge in [-0.25, -0.2) is 4.39 Å². The number of nitrogens with one attached hydrogen (secondary N) is 1. The van der Waals surface area contributed by atoms with Gasteiger partial charge in [0.25, 0.3) is 0 Å². The van der Waals surface area contributed by atoms with Gasteiger partial charge in [-0.15, -0.1) is 0 Å². The minimum Gasteiger partial charge on any atom is -0.353 e. The summed E-state index contributed by atoms with van der Waals surface area (Å²) < 4.78 is 13.1. The quantitative estimate of drug-likeness (QED) is 0.767. The zero-order valence-corrected chi connectivity index (χ0v) is 14.9. The van der Waals surface area contributed by atoms with Gasteiger partial charge in [0, 0.05) is 32.7 Å². The Bertz CT molecular complexity index is 630. The fourth-order valence-corrected chi connectivity index (χ4v) is 2.99. The van der Waals surface area contributed by atoms with Crippen LogP contribution in [0.15, 0.2) is 36.4 Å². The van der Waals surface area contributed by atoms with Crippen LogP contribution in [0.1, 0.15) is 25.8 Å². The number of likely N-dealkylation sites (N-methyl/N-ethyl adjacent to an activating group) is 1. The van der Waals surface area contributed by atoms with Crippen LogP contribution in [0.2, 0.25) is 0 Å². The first kappa shape index (κ1) is 19.1. The third-order valence-electron chi connectivity index (χ3n) is 4.30. The van der Waals surface area contributed by atoms with Gasteiger partial charge in [0.2, 0.25) is 11.8 Å². The van der Waals surface area contributed by atoms with Crippen LogP contribution in [0.4, 0.5) is 4.39 Å². The van der Waals surface area contributed by atoms with E-state index in [-0.39, 0.29) is 24.1 Å². The van der Waals surface area contributed by atoms with E-state index in [1.165, 1.54) is 12.1 Å². The second-order valence-electron chi connectivity index (χ2n) is 6.47. The summed E-state index contributed by atoms with van der Waals surface area (Å²) in [5.74, 6) is -0.477. The molecule has 2 rings (SSSR count). The van der Waals surface area contributed by atoms with Crippen LogP contribution in [-0.4, -0.2) is 53.8 Å². The Morgan fingerprint density at radius 3 is 2.68 bits per heavy atom. The average Bonchev–Trinajstić information content (AvgIpc) is 2.57. The van der Waals surface area contributed by atoms with E-state index in [9.17, 15) is 14.0 Å². The third kappa shape index (κ3) is 5.39. The Balaban J connectivity index is 2.08. The summed E-state index contributed by atoms with van der Waals surface area (Å²) in [6.45, 7) is 10.4. The number of piperazine rings is 1. The molecule has 1 fully saturated rings.